The molecule has 4 nitrogen and oxygen atoms in total. The quantitative estimate of drug-likeness (QED) is 0.568. The van der Waals surface area contributed by atoms with Crippen LogP contribution >= 0.6 is 12.2 Å². The van der Waals surface area contributed by atoms with Crippen LogP contribution in [0, 0.1) is 5.82 Å². The van der Waals surface area contributed by atoms with Gasteiger partial charge in [-0.25, -0.2) is 4.39 Å². The van der Waals surface area contributed by atoms with Crippen molar-refractivity contribution in [2.75, 3.05) is 0 Å². The van der Waals surface area contributed by atoms with Gasteiger partial charge in [0.1, 0.15) is 23.9 Å². The Labute approximate surface area is 175 Å². The predicted molar refractivity (Wildman–Crippen MR) is 115 cm³/mol. The van der Waals surface area contributed by atoms with E-state index in [4.69, 9.17) is 17.0 Å². The zero-order valence-electron chi connectivity index (χ0n) is 16.1. The second-order valence-corrected chi connectivity index (χ2v) is 7.76. The van der Waals surface area contributed by atoms with E-state index >= 15 is 0 Å². The molecule has 0 bridgehead atoms. The first-order valence-corrected chi connectivity index (χ1v) is 10.4. The third-order valence-corrected chi connectivity index (χ3v) is 5.71. The number of benzene rings is 2. The van der Waals surface area contributed by atoms with Gasteiger partial charge >= 0.3 is 0 Å². The lowest BCUT2D eigenvalue weighted by Gasteiger charge is -2.29. The Hall–Kier alpha value is -2.73. The van der Waals surface area contributed by atoms with Crippen LogP contribution in [-0.4, -0.2) is 22.0 Å². The average Bonchev–Trinajstić information content (AvgIpc) is 3.02. The van der Waals surface area contributed by atoms with Crippen LogP contribution in [0.25, 0.3) is 6.08 Å². The summed E-state index contributed by atoms with van der Waals surface area (Å²) in [6.07, 6.45) is 7.21. The summed E-state index contributed by atoms with van der Waals surface area (Å²) in [7, 11) is 0. The molecular weight excluding hydrogens is 387 g/mol. The highest BCUT2D eigenvalue weighted by Gasteiger charge is 2.36. The van der Waals surface area contributed by atoms with Crippen LogP contribution in [0.3, 0.4) is 0 Å². The highest BCUT2D eigenvalue weighted by Crippen LogP contribution is 2.28. The Morgan fingerprint density at radius 1 is 1.10 bits per heavy atom. The number of hydrogen-bond acceptors (Lipinski definition) is 3. The van der Waals surface area contributed by atoms with Crippen molar-refractivity contribution in [2.45, 2.75) is 44.8 Å². The summed E-state index contributed by atoms with van der Waals surface area (Å²) >= 11 is 5.43. The first-order chi connectivity index (χ1) is 14.1. The van der Waals surface area contributed by atoms with Crippen molar-refractivity contribution in [3.05, 3.63) is 71.2 Å². The fraction of sp³-hybridized carbons (Fsp3) is 0.304. The molecule has 150 valence electrons. The first-order valence-electron chi connectivity index (χ1n) is 9.95. The molecule has 29 heavy (non-hydrogen) atoms. The third-order valence-electron chi connectivity index (χ3n) is 5.41. The molecule has 0 atom stereocenters. The monoisotopic (exact) mass is 410 g/mol. The maximum atomic E-state index is 13.9. The van der Waals surface area contributed by atoms with Gasteiger partial charge < -0.3 is 10.1 Å². The van der Waals surface area contributed by atoms with Crippen molar-refractivity contribution in [3.8, 4) is 5.75 Å². The number of halogens is 1. The number of amides is 1. The fourth-order valence-electron chi connectivity index (χ4n) is 3.88. The zero-order valence-corrected chi connectivity index (χ0v) is 16.9. The molecule has 1 saturated heterocycles. The number of carbonyl (C=O) groups is 1. The van der Waals surface area contributed by atoms with Gasteiger partial charge in [-0.15, -0.1) is 0 Å². The van der Waals surface area contributed by atoms with Crippen molar-refractivity contribution < 1.29 is 13.9 Å². The number of ether oxygens (including phenoxy) is 1. The third kappa shape index (κ3) is 4.32. The van der Waals surface area contributed by atoms with E-state index in [0.29, 0.717) is 22.1 Å². The lowest BCUT2D eigenvalue weighted by Crippen LogP contribution is -2.41. The summed E-state index contributed by atoms with van der Waals surface area (Å²) in [5, 5.41) is 3.53. The normalized spacial score (nSPS) is 18.9. The topological polar surface area (TPSA) is 41.6 Å². The molecule has 2 fully saturated rings. The number of para-hydroxylation sites is 1. The zero-order chi connectivity index (χ0) is 20.2. The van der Waals surface area contributed by atoms with Crippen LogP contribution in [0.5, 0.6) is 5.75 Å². The van der Waals surface area contributed by atoms with Gasteiger partial charge in [0.05, 0.1) is 0 Å². The maximum absolute atomic E-state index is 13.9. The molecule has 1 N–H and O–H groups in total. The molecule has 1 aliphatic heterocycles. The van der Waals surface area contributed by atoms with Crippen LogP contribution < -0.4 is 10.1 Å². The van der Waals surface area contributed by atoms with Crippen molar-refractivity contribution >= 4 is 29.3 Å². The van der Waals surface area contributed by atoms with Gasteiger partial charge in [-0.2, -0.15) is 0 Å². The van der Waals surface area contributed by atoms with E-state index in [0.717, 1.165) is 31.2 Å². The van der Waals surface area contributed by atoms with Crippen LogP contribution in [0.4, 0.5) is 4.39 Å². The molecular formula is C23H23FN2O2S. The summed E-state index contributed by atoms with van der Waals surface area (Å²) in [5.41, 5.74) is 1.67. The molecule has 2 aromatic carbocycles. The molecule has 1 heterocycles. The largest absolute Gasteiger partial charge is 0.488 e. The molecule has 1 aliphatic carbocycles. The second-order valence-electron chi connectivity index (χ2n) is 7.37. The lowest BCUT2D eigenvalue weighted by atomic mass is 9.94. The summed E-state index contributed by atoms with van der Waals surface area (Å²) < 4.78 is 19.7. The molecule has 2 aromatic rings. The molecule has 1 saturated carbocycles. The molecule has 0 radical (unpaired) electrons. The molecule has 0 aromatic heterocycles. The van der Waals surface area contributed by atoms with E-state index < -0.39 is 0 Å². The van der Waals surface area contributed by atoms with Crippen LogP contribution in [-0.2, 0) is 11.4 Å². The predicted octanol–water partition coefficient (Wildman–Crippen LogP) is 4.80. The minimum atomic E-state index is -0.301. The lowest BCUT2D eigenvalue weighted by molar-refractivity contribution is -0.124. The van der Waals surface area contributed by atoms with Gasteiger partial charge in [0.2, 0.25) is 0 Å². The number of rotatable bonds is 5. The molecule has 2 aliphatic rings. The number of nitrogens with zero attached hydrogens (tertiary/aromatic N) is 1. The van der Waals surface area contributed by atoms with Crippen LogP contribution in [0.1, 0.15) is 43.2 Å². The second kappa shape index (κ2) is 8.74. The highest BCUT2D eigenvalue weighted by atomic mass is 32.1. The Kier molecular flexibility index (Phi) is 5.90. The van der Waals surface area contributed by atoms with Crippen molar-refractivity contribution in [3.63, 3.8) is 0 Å². The first kappa shape index (κ1) is 19.6. The van der Waals surface area contributed by atoms with E-state index in [9.17, 15) is 9.18 Å². The molecule has 6 heteroatoms. The number of nitrogens with one attached hydrogen (secondary N) is 1. The number of hydrogen-bond donors (Lipinski definition) is 1. The summed E-state index contributed by atoms with van der Waals surface area (Å²) in [6, 6.07) is 14.1. The standard InChI is InChI=1S/C23H23FN2O2S/c24-19-12-6-4-9-17(19)15-28-21-13-7-5-8-16(21)14-20-22(27)26(23(29)25-20)18-10-2-1-3-11-18/h4-9,12-14,18H,1-3,10-11,15H2,(H,25,29). The van der Waals surface area contributed by atoms with Gasteiger partial charge in [0, 0.05) is 17.2 Å². The SMILES string of the molecule is O=C1C(=Cc2ccccc2OCc2ccccc2F)NC(=S)N1C1CCCCC1. The van der Waals surface area contributed by atoms with Crippen LogP contribution in [0.15, 0.2) is 54.2 Å². The van der Waals surface area contributed by atoms with E-state index in [1.807, 2.05) is 24.3 Å². The fourth-order valence-corrected chi connectivity index (χ4v) is 4.22. The Morgan fingerprint density at radius 2 is 1.83 bits per heavy atom. The smallest absolute Gasteiger partial charge is 0.276 e. The van der Waals surface area contributed by atoms with Gasteiger partial charge in [0.15, 0.2) is 5.11 Å². The average molecular weight is 411 g/mol. The number of thiocarbonyl (C=S) groups is 1. The van der Waals surface area contributed by atoms with Crippen molar-refractivity contribution in [2.24, 2.45) is 0 Å². The van der Waals surface area contributed by atoms with Gasteiger partial charge in [-0.1, -0.05) is 55.7 Å². The van der Waals surface area contributed by atoms with Gasteiger partial charge in [0.25, 0.3) is 5.91 Å². The Bertz CT molecular complexity index is 953. The van der Waals surface area contributed by atoms with Gasteiger partial charge in [-0.3, -0.25) is 9.69 Å². The minimum absolute atomic E-state index is 0.0918. The molecule has 4 rings (SSSR count). The highest BCUT2D eigenvalue weighted by molar-refractivity contribution is 7.80. The van der Waals surface area contributed by atoms with E-state index in [-0.39, 0.29) is 24.4 Å². The van der Waals surface area contributed by atoms with Crippen molar-refractivity contribution in [1.82, 2.24) is 10.2 Å². The van der Waals surface area contributed by atoms with E-state index in [2.05, 4.69) is 5.32 Å². The van der Waals surface area contributed by atoms with E-state index in [1.165, 1.54) is 12.5 Å². The van der Waals surface area contributed by atoms with Crippen molar-refractivity contribution in [1.29, 1.82) is 0 Å². The summed E-state index contributed by atoms with van der Waals surface area (Å²) in [5.74, 6) is 0.190. The van der Waals surface area contributed by atoms with Crippen LogP contribution in [0.2, 0.25) is 0 Å². The Morgan fingerprint density at radius 3 is 2.62 bits per heavy atom. The summed E-state index contributed by atoms with van der Waals surface area (Å²) in [4.78, 5) is 14.7. The molecule has 0 unspecified atom stereocenters. The maximum Gasteiger partial charge on any atom is 0.276 e. The van der Waals surface area contributed by atoms with Gasteiger partial charge in [-0.05, 0) is 43.3 Å². The molecule has 1 amide bonds. The summed E-state index contributed by atoms with van der Waals surface area (Å²) in [6.45, 7) is 0.112. The minimum Gasteiger partial charge on any atom is -0.488 e. The molecule has 0 spiro atoms. The number of carbonyl (C=O) groups excluding carboxylic acids is 1. The Balaban J connectivity index is 1.53. The van der Waals surface area contributed by atoms with E-state index in [1.54, 1.807) is 29.2 Å².